The summed E-state index contributed by atoms with van der Waals surface area (Å²) in [7, 11) is 0. The molecule has 41 heavy (non-hydrogen) atoms. The number of anilines is 1. The lowest BCUT2D eigenvalue weighted by Gasteiger charge is -2.40. The van der Waals surface area contributed by atoms with E-state index in [9.17, 15) is 14.0 Å². The van der Waals surface area contributed by atoms with E-state index in [-0.39, 0.29) is 42.2 Å². The average molecular weight is 567 g/mol. The predicted octanol–water partition coefficient (Wildman–Crippen LogP) is 6.97. The number of pyridine rings is 1. The van der Waals surface area contributed by atoms with Crippen LogP contribution in [0.25, 0.3) is 17.2 Å². The maximum absolute atomic E-state index is 14.0. The summed E-state index contributed by atoms with van der Waals surface area (Å²) in [4.78, 5) is 31.9. The molecule has 0 unspecified atom stereocenters. The number of hydrogen-bond donors (Lipinski definition) is 0. The number of esters is 1. The van der Waals surface area contributed by atoms with E-state index in [1.807, 2.05) is 46.8 Å². The lowest BCUT2D eigenvalue weighted by molar-refractivity contribution is -0.290. The number of ether oxygens (including phenoxy) is 3. The second-order valence-electron chi connectivity index (χ2n) is 12.7. The standard InChI is InChI=1S/C33H43FN2O5/c1-20(2)30-26(16-15-24-18-25(40-33(7,8)39-24)19-28(38)41-32(4,5)6)29(22-11-13-23(34)14-12-22)27-10-9-17-36(21(3)37)31(27)35-30/h11-16,20,24-25H,9-10,17-19H2,1-8H3/b16-15+/t24-,25-/m1/s1. The number of fused-ring (bicyclic) bond motifs is 1. The monoisotopic (exact) mass is 566 g/mol. The third-order valence-corrected chi connectivity index (χ3v) is 7.14. The van der Waals surface area contributed by atoms with Gasteiger partial charge in [0.2, 0.25) is 5.91 Å². The maximum Gasteiger partial charge on any atom is 0.308 e. The highest BCUT2D eigenvalue weighted by Crippen LogP contribution is 2.41. The number of aromatic nitrogens is 1. The Morgan fingerprint density at radius 2 is 1.88 bits per heavy atom. The first-order valence-corrected chi connectivity index (χ1v) is 14.5. The summed E-state index contributed by atoms with van der Waals surface area (Å²) >= 11 is 0. The van der Waals surface area contributed by atoms with Crippen LogP contribution in [0.15, 0.2) is 30.3 Å². The summed E-state index contributed by atoms with van der Waals surface area (Å²) in [5.41, 5.74) is 4.01. The quantitative estimate of drug-likeness (QED) is 0.352. The molecule has 1 fully saturated rings. The fourth-order valence-electron chi connectivity index (χ4n) is 5.65. The predicted molar refractivity (Wildman–Crippen MR) is 158 cm³/mol. The van der Waals surface area contributed by atoms with E-state index < -0.39 is 11.4 Å². The van der Waals surface area contributed by atoms with Gasteiger partial charge in [0, 0.05) is 31.0 Å². The minimum Gasteiger partial charge on any atom is -0.460 e. The van der Waals surface area contributed by atoms with Gasteiger partial charge >= 0.3 is 5.97 Å². The van der Waals surface area contributed by atoms with Gasteiger partial charge in [0.1, 0.15) is 17.2 Å². The minimum atomic E-state index is -0.892. The van der Waals surface area contributed by atoms with E-state index in [1.54, 1.807) is 24.0 Å². The second kappa shape index (κ2) is 12.0. The van der Waals surface area contributed by atoms with E-state index in [0.29, 0.717) is 18.8 Å². The van der Waals surface area contributed by atoms with E-state index in [0.717, 1.165) is 40.8 Å². The fourth-order valence-corrected chi connectivity index (χ4v) is 5.65. The zero-order valence-electron chi connectivity index (χ0n) is 25.5. The van der Waals surface area contributed by atoms with Crippen molar-refractivity contribution >= 4 is 23.8 Å². The molecular weight excluding hydrogens is 523 g/mol. The van der Waals surface area contributed by atoms with E-state index in [4.69, 9.17) is 19.2 Å². The Hall–Kier alpha value is -3.10. The van der Waals surface area contributed by atoms with E-state index >= 15 is 0 Å². The van der Waals surface area contributed by atoms with Gasteiger partial charge in [-0.2, -0.15) is 0 Å². The molecule has 3 heterocycles. The van der Waals surface area contributed by atoms with E-state index in [2.05, 4.69) is 13.8 Å². The van der Waals surface area contributed by atoms with Crippen molar-refractivity contribution in [2.24, 2.45) is 0 Å². The molecule has 2 aromatic rings. The Labute approximate surface area is 243 Å². The molecule has 1 aromatic carbocycles. The van der Waals surface area contributed by atoms with Crippen molar-refractivity contribution < 1.29 is 28.2 Å². The lowest BCUT2D eigenvalue weighted by atomic mass is 9.87. The van der Waals surface area contributed by atoms with Gasteiger partial charge in [-0.15, -0.1) is 0 Å². The molecule has 0 radical (unpaired) electrons. The molecule has 0 N–H and O–H groups in total. The first kappa shape index (κ1) is 30.8. The molecule has 2 atom stereocenters. The van der Waals surface area contributed by atoms with Crippen molar-refractivity contribution in [2.75, 3.05) is 11.4 Å². The highest BCUT2D eigenvalue weighted by atomic mass is 19.1. The molecule has 0 bridgehead atoms. The number of amides is 1. The molecule has 0 saturated carbocycles. The van der Waals surface area contributed by atoms with Gasteiger partial charge in [0.05, 0.1) is 24.3 Å². The smallest absolute Gasteiger partial charge is 0.308 e. The first-order valence-electron chi connectivity index (χ1n) is 14.5. The highest BCUT2D eigenvalue weighted by molar-refractivity contribution is 5.94. The van der Waals surface area contributed by atoms with Crippen LogP contribution in [-0.4, -0.2) is 47.0 Å². The van der Waals surface area contributed by atoms with Gasteiger partial charge in [0.15, 0.2) is 5.79 Å². The zero-order valence-corrected chi connectivity index (χ0v) is 25.5. The normalized spacial score (nSPS) is 20.8. The summed E-state index contributed by atoms with van der Waals surface area (Å²) in [6.45, 7) is 15.6. The third kappa shape index (κ3) is 7.60. The lowest BCUT2D eigenvalue weighted by Crippen LogP contribution is -2.45. The van der Waals surface area contributed by atoms with Crippen molar-refractivity contribution in [1.82, 2.24) is 4.98 Å². The molecule has 222 valence electrons. The van der Waals surface area contributed by atoms with Crippen LogP contribution in [0.1, 0.15) is 97.4 Å². The van der Waals surface area contributed by atoms with Crippen LogP contribution in [0.3, 0.4) is 0 Å². The summed E-state index contributed by atoms with van der Waals surface area (Å²) in [5.74, 6) is -0.812. The number of benzene rings is 1. The average Bonchev–Trinajstić information content (AvgIpc) is 2.84. The number of hydrogen-bond acceptors (Lipinski definition) is 6. The Balaban J connectivity index is 1.76. The topological polar surface area (TPSA) is 78.0 Å². The third-order valence-electron chi connectivity index (χ3n) is 7.14. The van der Waals surface area contributed by atoms with Crippen LogP contribution in [0, 0.1) is 5.82 Å². The molecular formula is C33H43FN2O5. The number of nitrogens with zero attached hydrogens (tertiary/aromatic N) is 2. The summed E-state index contributed by atoms with van der Waals surface area (Å²) in [6, 6.07) is 6.48. The van der Waals surface area contributed by atoms with Gasteiger partial charge < -0.3 is 14.2 Å². The Morgan fingerprint density at radius 1 is 1.20 bits per heavy atom. The molecule has 8 heteroatoms. The molecule has 0 aliphatic carbocycles. The number of halogens is 1. The Morgan fingerprint density at radius 3 is 2.49 bits per heavy atom. The molecule has 1 aromatic heterocycles. The zero-order chi connectivity index (χ0) is 30.1. The molecule has 4 rings (SSSR count). The Bertz CT molecular complexity index is 1310. The maximum atomic E-state index is 14.0. The van der Waals surface area contributed by atoms with Crippen molar-refractivity contribution in [3.63, 3.8) is 0 Å². The van der Waals surface area contributed by atoms with Crippen LogP contribution in [0.5, 0.6) is 0 Å². The van der Waals surface area contributed by atoms with Crippen LogP contribution < -0.4 is 4.90 Å². The summed E-state index contributed by atoms with van der Waals surface area (Å²) in [6.07, 6.45) is 5.54. The first-order chi connectivity index (χ1) is 19.1. The van der Waals surface area contributed by atoms with Crippen molar-refractivity contribution in [3.05, 3.63) is 53.0 Å². The number of carbonyl (C=O) groups is 2. The van der Waals surface area contributed by atoms with Crippen LogP contribution in [0.4, 0.5) is 10.2 Å². The van der Waals surface area contributed by atoms with Gasteiger partial charge in [-0.25, -0.2) is 9.37 Å². The van der Waals surface area contributed by atoms with Crippen LogP contribution in [-0.2, 0) is 30.2 Å². The number of carbonyl (C=O) groups excluding carboxylic acids is 2. The van der Waals surface area contributed by atoms with Crippen molar-refractivity contribution in [2.45, 2.75) is 111 Å². The van der Waals surface area contributed by atoms with Gasteiger partial charge in [-0.1, -0.05) is 38.1 Å². The van der Waals surface area contributed by atoms with Crippen molar-refractivity contribution in [1.29, 1.82) is 0 Å². The summed E-state index contributed by atoms with van der Waals surface area (Å²) in [5, 5.41) is 0. The minimum absolute atomic E-state index is 0.0460. The fraction of sp³-hybridized carbons (Fsp3) is 0.545. The highest BCUT2D eigenvalue weighted by Gasteiger charge is 2.36. The van der Waals surface area contributed by atoms with Crippen LogP contribution in [0.2, 0.25) is 0 Å². The second-order valence-corrected chi connectivity index (χ2v) is 12.7. The van der Waals surface area contributed by atoms with E-state index in [1.165, 1.54) is 12.1 Å². The molecule has 0 spiro atoms. The van der Waals surface area contributed by atoms with Gasteiger partial charge in [-0.3, -0.25) is 14.5 Å². The number of rotatable bonds is 6. The largest absolute Gasteiger partial charge is 0.460 e. The van der Waals surface area contributed by atoms with Crippen LogP contribution >= 0.6 is 0 Å². The van der Waals surface area contributed by atoms with Crippen molar-refractivity contribution in [3.8, 4) is 11.1 Å². The summed E-state index contributed by atoms with van der Waals surface area (Å²) < 4.78 is 31.8. The molecule has 7 nitrogen and oxygen atoms in total. The Kier molecular flexibility index (Phi) is 9.04. The SMILES string of the molecule is CC(=O)N1CCCc2c1nc(C(C)C)c(/C=C/[C@@H]1C[C@H](CC(=O)OC(C)(C)C)OC(C)(C)O1)c2-c1ccc(F)cc1. The molecule has 2 aliphatic heterocycles. The molecule has 1 amide bonds. The molecule has 1 saturated heterocycles. The van der Waals surface area contributed by atoms with Gasteiger partial charge in [0.25, 0.3) is 0 Å². The van der Waals surface area contributed by atoms with Gasteiger partial charge in [-0.05, 0) is 76.6 Å². The molecule has 2 aliphatic rings.